The van der Waals surface area contributed by atoms with E-state index in [1.807, 2.05) is 67.1 Å². The monoisotopic (exact) mass is 320 g/mol. The number of aryl methyl sites for hydroxylation is 2. The Balaban J connectivity index is 1.61. The first-order valence-corrected chi connectivity index (χ1v) is 7.98. The Morgan fingerprint density at radius 3 is 2.38 bits per heavy atom. The lowest BCUT2D eigenvalue weighted by molar-refractivity contribution is 0.0509. The molecule has 0 bridgehead atoms. The van der Waals surface area contributed by atoms with E-state index >= 15 is 0 Å². The Morgan fingerprint density at radius 2 is 1.75 bits per heavy atom. The van der Waals surface area contributed by atoms with Gasteiger partial charge >= 0.3 is 5.97 Å². The highest BCUT2D eigenvalue weighted by Gasteiger charge is 2.09. The number of rotatable bonds is 5. The van der Waals surface area contributed by atoms with Crippen molar-refractivity contribution in [3.8, 4) is 5.69 Å². The van der Waals surface area contributed by atoms with Gasteiger partial charge in [0.1, 0.15) is 0 Å². The van der Waals surface area contributed by atoms with Gasteiger partial charge in [-0.05, 0) is 49.7 Å². The number of aromatic nitrogens is 2. The molecule has 0 saturated carbocycles. The van der Waals surface area contributed by atoms with Crippen molar-refractivity contribution in [1.29, 1.82) is 0 Å². The van der Waals surface area contributed by atoms with Crippen LogP contribution in [0.5, 0.6) is 0 Å². The number of hydrogen-bond acceptors (Lipinski definition) is 3. The van der Waals surface area contributed by atoms with E-state index in [9.17, 15) is 4.79 Å². The van der Waals surface area contributed by atoms with Gasteiger partial charge < -0.3 is 4.74 Å². The molecule has 0 spiro atoms. The highest BCUT2D eigenvalue weighted by Crippen LogP contribution is 2.14. The second-order valence-corrected chi connectivity index (χ2v) is 5.76. The van der Waals surface area contributed by atoms with E-state index in [1.54, 1.807) is 12.1 Å². The summed E-state index contributed by atoms with van der Waals surface area (Å²) in [6, 6.07) is 19.3. The summed E-state index contributed by atoms with van der Waals surface area (Å²) in [7, 11) is 0. The van der Waals surface area contributed by atoms with Crippen molar-refractivity contribution in [1.82, 2.24) is 9.78 Å². The summed E-state index contributed by atoms with van der Waals surface area (Å²) in [6.45, 7) is 4.34. The van der Waals surface area contributed by atoms with Crippen LogP contribution in [0.4, 0.5) is 0 Å². The topological polar surface area (TPSA) is 44.1 Å². The van der Waals surface area contributed by atoms with Gasteiger partial charge in [0, 0.05) is 12.1 Å². The Kier molecular flexibility index (Phi) is 4.75. The molecule has 0 fully saturated rings. The zero-order valence-corrected chi connectivity index (χ0v) is 13.9. The van der Waals surface area contributed by atoms with Gasteiger partial charge in [-0.3, -0.25) is 0 Å². The molecule has 0 radical (unpaired) electrons. The number of carbonyl (C=O) groups excluding carboxylic acids is 1. The van der Waals surface area contributed by atoms with E-state index < -0.39 is 0 Å². The molecule has 3 aromatic rings. The maximum absolute atomic E-state index is 12.1. The summed E-state index contributed by atoms with van der Waals surface area (Å²) < 4.78 is 7.21. The molecular formula is C20H20N2O2. The van der Waals surface area contributed by atoms with Gasteiger partial charge in [0.2, 0.25) is 0 Å². The van der Waals surface area contributed by atoms with Gasteiger partial charge in [-0.1, -0.05) is 30.3 Å². The van der Waals surface area contributed by atoms with Gasteiger partial charge in [-0.2, -0.15) is 5.10 Å². The largest absolute Gasteiger partial charge is 0.462 e. The molecule has 122 valence electrons. The molecule has 0 amide bonds. The third-order valence-electron chi connectivity index (χ3n) is 3.82. The van der Waals surface area contributed by atoms with Crippen molar-refractivity contribution in [2.45, 2.75) is 20.3 Å². The van der Waals surface area contributed by atoms with E-state index in [2.05, 4.69) is 5.10 Å². The molecule has 0 aliphatic heterocycles. The summed E-state index contributed by atoms with van der Waals surface area (Å²) in [5, 5.41) is 4.44. The lowest BCUT2D eigenvalue weighted by Gasteiger charge is -2.07. The zero-order chi connectivity index (χ0) is 16.9. The summed E-state index contributed by atoms with van der Waals surface area (Å²) in [5.41, 5.74) is 4.67. The number of ether oxygens (including phenoxy) is 1. The fourth-order valence-corrected chi connectivity index (χ4v) is 2.62. The second-order valence-electron chi connectivity index (χ2n) is 5.76. The summed E-state index contributed by atoms with van der Waals surface area (Å²) in [5.74, 6) is -0.300. The van der Waals surface area contributed by atoms with Crippen LogP contribution in [-0.4, -0.2) is 22.4 Å². The minimum Gasteiger partial charge on any atom is -0.462 e. The smallest absolute Gasteiger partial charge is 0.338 e. The first-order valence-electron chi connectivity index (χ1n) is 7.98. The molecule has 24 heavy (non-hydrogen) atoms. The molecule has 1 heterocycles. The molecule has 1 aromatic heterocycles. The first-order chi connectivity index (χ1) is 11.6. The van der Waals surface area contributed by atoms with Gasteiger partial charge in [-0.15, -0.1) is 0 Å². The summed E-state index contributed by atoms with van der Waals surface area (Å²) in [6.07, 6.45) is 0.719. The molecule has 0 aliphatic carbocycles. The van der Waals surface area contributed by atoms with Crippen molar-refractivity contribution < 1.29 is 9.53 Å². The molecule has 0 N–H and O–H groups in total. The minimum atomic E-state index is -0.300. The fourth-order valence-electron chi connectivity index (χ4n) is 2.62. The molecule has 0 aliphatic rings. The Labute approximate surface area is 141 Å². The Morgan fingerprint density at radius 1 is 1.04 bits per heavy atom. The molecule has 4 nitrogen and oxygen atoms in total. The maximum atomic E-state index is 12.1. The Bertz CT molecular complexity index is 821. The lowest BCUT2D eigenvalue weighted by atomic mass is 10.2. The third kappa shape index (κ3) is 3.71. The summed E-state index contributed by atoms with van der Waals surface area (Å²) >= 11 is 0. The van der Waals surface area contributed by atoms with Crippen LogP contribution in [0.2, 0.25) is 0 Å². The first kappa shape index (κ1) is 16.0. The van der Waals surface area contributed by atoms with E-state index in [1.165, 1.54) is 0 Å². The van der Waals surface area contributed by atoms with Crippen LogP contribution in [0.3, 0.4) is 0 Å². The van der Waals surface area contributed by atoms with Crippen LogP contribution in [0.25, 0.3) is 5.69 Å². The van der Waals surface area contributed by atoms with Gasteiger partial charge in [0.05, 0.1) is 23.6 Å². The number of nitrogens with zero attached hydrogens (tertiary/aromatic N) is 2. The van der Waals surface area contributed by atoms with Crippen molar-refractivity contribution >= 4 is 5.97 Å². The number of esters is 1. The van der Waals surface area contributed by atoms with E-state index in [0.29, 0.717) is 12.2 Å². The molecule has 0 atom stereocenters. The van der Waals surface area contributed by atoms with Crippen LogP contribution in [-0.2, 0) is 11.2 Å². The van der Waals surface area contributed by atoms with Gasteiger partial charge in [0.25, 0.3) is 0 Å². The Hall–Kier alpha value is -2.88. The highest BCUT2D eigenvalue weighted by molar-refractivity contribution is 5.89. The van der Waals surface area contributed by atoms with Crippen LogP contribution >= 0.6 is 0 Å². The average Bonchev–Trinajstić information content (AvgIpc) is 2.94. The predicted octanol–water partition coefficient (Wildman–Crippen LogP) is 3.89. The van der Waals surface area contributed by atoms with Crippen molar-refractivity contribution in [2.24, 2.45) is 0 Å². The molecule has 3 rings (SSSR count). The molecule has 2 aromatic carbocycles. The fraction of sp³-hybridized carbons (Fsp3) is 0.200. The molecular weight excluding hydrogens is 300 g/mol. The lowest BCUT2D eigenvalue weighted by Crippen LogP contribution is -2.08. The number of carbonyl (C=O) groups is 1. The van der Waals surface area contributed by atoms with E-state index in [0.717, 1.165) is 29.1 Å². The van der Waals surface area contributed by atoms with Crippen molar-refractivity contribution in [2.75, 3.05) is 6.61 Å². The molecule has 0 saturated heterocycles. The SMILES string of the molecule is Cc1cc(C)n(-c2ccc(C(=O)OCCc3ccccc3)cc2)n1. The van der Waals surface area contributed by atoms with Gasteiger partial charge in [0.15, 0.2) is 0 Å². The average molecular weight is 320 g/mol. The van der Waals surface area contributed by atoms with Crippen LogP contribution in [0.15, 0.2) is 60.7 Å². The van der Waals surface area contributed by atoms with Crippen molar-refractivity contribution in [3.05, 3.63) is 83.2 Å². The zero-order valence-electron chi connectivity index (χ0n) is 13.9. The van der Waals surface area contributed by atoms with E-state index in [-0.39, 0.29) is 5.97 Å². The van der Waals surface area contributed by atoms with E-state index in [4.69, 9.17) is 4.74 Å². The standard InChI is InChI=1S/C20H20N2O2/c1-15-14-16(2)22(21-15)19-10-8-18(9-11-19)20(23)24-13-12-17-6-4-3-5-7-17/h3-11,14H,12-13H2,1-2H3. The predicted molar refractivity (Wildman–Crippen MR) is 93.5 cm³/mol. The van der Waals surface area contributed by atoms with Crippen LogP contribution in [0.1, 0.15) is 27.3 Å². The molecule has 0 unspecified atom stereocenters. The second kappa shape index (κ2) is 7.13. The minimum absolute atomic E-state index is 0.300. The van der Waals surface area contributed by atoms with Crippen LogP contribution in [0, 0.1) is 13.8 Å². The van der Waals surface area contributed by atoms with Gasteiger partial charge in [-0.25, -0.2) is 9.48 Å². The van der Waals surface area contributed by atoms with Crippen LogP contribution < -0.4 is 0 Å². The number of hydrogen-bond donors (Lipinski definition) is 0. The highest BCUT2D eigenvalue weighted by atomic mass is 16.5. The normalized spacial score (nSPS) is 10.6. The quantitative estimate of drug-likeness (QED) is 0.670. The van der Waals surface area contributed by atoms with Crippen molar-refractivity contribution in [3.63, 3.8) is 0 Å². The third-order valence-corrected chi connectivity index (χ3v) is 3.82. The molecule has 4 heteroatoms. The number of benzene rings is 2. The maximum Gasteiger partial charge on any atom is 0.338 e. The summed E-state index contributed by atoms with van der Waals surface area (Å²) in [4.78, 5) is 12.1.